The number of benzene rings is 1. The van der Waals surface area contributed by atoms with Crippen LogP contribution in [0.2, 0.25) is 5.02 Å². The highest BCUT2D eigenvalue weighted by Crippen LogP contribution is 2.28. The van der Waals surface area contributed by atoms with Gasteiger partial charge in [-0.1, -0.05) is 43.6 Å². The van der Waals surface area contributed by atoms with E-state index in [1.165, 1.54) is 24.3 Å². The minimum absolute atomic E-state index is 0.465. The Kier molecular flexibility index (Phi) is 6.90. The Hall–Kier alpha value is -1.41. The summed E-state index contributed by atoms with van der Waals surface area (Å²) in [5, 5.41) is 14.1. The van der Waals surface area contributed by atoms with E-state index in [1.807, 2.05) is 24.3 Å². The Bertz CT molecular complexity index is 929. The maximum absolute atomic E-state index is 6.12. The first-order valence-corrected chi connectivity index (χ1v) is 12.3. The molecule has 29 heavy (non-hydrogen) atoms. The molecule has 0 bridgehead atoms. The van der Waals surface area contributed by atoms with Crippen LogP contribution in [0, 0.1) is 0 Å². The Balaban J connectivity index is 1.57. The van der Waals surface area contributed by atoms with Crippen molar-refractivity contribution in [3.05, 3.63) is 51.2 Å². The van der Waals surface area contributed by atoms with Crippen LogP contribution in [0.4, 0.5) is 0 Å². The van der Waals surface area contributed by atoms with Crippen LogP contribution >= 0.6 is 34.7 Å². The normalized spacial score (nSPS) is 15.3. The molecule has 1 fully saturated rings. The van der Waals surface area contributed by atoms with Gasteiger partial charge in [-0.05, 0) is 50.2 Å². The number of aromatic nitrogens is 4. The van der Waals surface area contributed by atoms with Gasteiger partial charge in [0.15, 0.2) is 11.0 Å². The van der Waals surface area contributed by atoms with Crippen LogP contribution in [0.25, 0.3) is 5.69 Å². The van der Waals surface area contributed by atoms with Gasteiger partial charge in [0.05, 0.1) is 17.2 Å². The maximum Gasteiger partial charge on any atom is 0.196 e. The van der Waals surface area contributed by atoms with Gasteiger partial charge in [0.1, 0.15) is 0 Å². The third-order valence-corrected chi connectivity index (χ3v) is 7.42. The van der Waals surface area contributed by atoms with Crippen molar-refractivity contribution >= 4 is 34.7 Å². The summed E-state index contributed by atoms with van der Waals surface area (Å²) in [5.41, 5.74) is 2.15. The summed E-state index contributed by atoms with van der Waals surface area (Å²) in [7, 11) is 0. The van der Waals surface area contributed by atoms with Crippen molar-refractivity contribution in [3.63, 3.8) is 0 Å². The molecule has 0 amide bonds. The number of thiazole rings is 1. The summed E-state index contributed by atoms with van der Waals surface area (Å²) < 4.78 is 2.17. The monoisotopic (exact) mass is 447 g/mol. The highest BCUT2D eigenvalue weighted by Gasteiger charge is 2.19. The van der Waals surface area contributed by atoms with Gasteiger partial charge >= 0.3 is 0 Å². The lowest BCUT2D eigenvalue weighted by atomic mass is 10.1. The van der Waals surface area contributed by atoms with E-state index < -0.39 is 0 Å². The van der Waals surface area contributed by atoms with Gasteiger partial charge < -0.3 is 0 Å². The minimum Gasteiger partial charge on any atom is -0.296 e. The molecule has 8 heteroatoms. The largest absolute Gasteiger partial charge is 0.296 e. The predicted octanol–water partition coefficient (Wildman–Crippen LogP) is 5.78. The topological polar surface area (TPSA) is 46.8 Å². The number of rotatable bonds is 7. The molecule has 1 aromatic carbocycles. The van der Waals surface area contributed by atoms with Gasteiger partial charge in [0.2, 0.25) is 0 Å². The second-order valence-corrected chi connectivity index (χ2v) is 9.94. The second kappa shape index (κ2) is 9.60. The Morgan fingerprint density at radius 1 is 1.10 bits per heavy atom. The van der Waals surface area contributed by atoms with E-state index in [1.54, 1.807) is 23.1 Å². The molecule has 3 aromatic rings. The average molecular weight is 448 g/mol. The first-order valence-electron chi connectivity index (χ1n) is 10.1. The standard InChI is InChI=1S/C21H26ClN5S2/c1-15(2)20-23-17(13-28-20)14-29-21-25-24-19(12-26-10-4-3-5-11-26)27(21)18-8-6-16(22)7-9-18/h6-9,13,15H,3-5,10-12,14H2,1-2H3. The van der Waals surface area contributed by atoms with Gasteiger partial charge in [0, 0.05) is 27.8 Å². The highest BCUT2D eigenvalue weighted by molar-refractivity contribution is 7.98. The lowest BCUT2D eigenvalue weighted by molar-refractivity contribution is 0.214. The molecule has 0 N–H and O–H groups in total. The number of hydrogen-bond donors (Lipinski definition) is 0. The van der Waals surface area contributed by atoms with Crippen LogP contribution in [-0.4, -0.2) is 37.7 Å². The summed E-state index contributed by atoms with van der Waals surface area (Å²) in [6.45, 7) is 7.45. The number of halogens is 1. The molecule has 5 nitrogen and oxygen atoms in total. The lowest BCUT2D eigenvalue weighted by Gasteiger charge is -2.26. The molecule has 1 aliphatic heterocycles. The molecule has 1 aliphatic rings. The lowest BCUT2D eigenvalue weighted by Crippen LogP contribution is -2.30. The molecule has 0 aliphatic carbocycles. The average Bonchev–Trinajstić information content (AvgIpc) is 3.35. The van der Waals surface area contributed by atoms with Crippen LogP contribution in [0.1, 0.15) is 55.6 Å². The molecule has 0 atom stereocenters. The van der Waals surface area contributed by atoms with Crippen molar-refractivity contribution in [3.8, 4) is 5.69 Å². The Morgan fingerprint density at radius 2 is 1.86 bits per heavy atom. The second-order valence-electron chi connectivity index (χ2n) is 7.67. The highest BCUT2D eigenvalue weighted by atomic mass is 35.5. The predicted molar refractivity (Wildman–Crippen MR) is 121 cm³/mol. The quantitative estimate of drug-likeness (QED) is 0.429. The first-order chi connectivity index (χ1) is 14.1. The number of thioether (sulfide) groups is 1. The zero-order valence-corrected chi connectivity index (χ0v) is 19.2. The molecular weight excluding hydrogens is 422 g/mol. The summed E-state index contributed by atoms with van der Waals surface area (Å²) >= 11 is 9.54. The van der Waals surface area contributed by atoms with E-state index in [0.717, 1.165) is 52.8 Å². The Labute approximate surface area is 185 Å². The first kappa shape index (κ1) is 20.8. The van der Waals surface area contributed by atoms with E-state index in [-0.39, 0.29) is 0 Å². The van der Waals surface area contributed by atoms with Gasteiger partial charge in [-0.15, -0.1) is 21.5 Å². The molecule has 4 rings (SSSR count). The zero-order chi connectivity index (χ0) is 20.2. The van der Waals surface area contributed by atoms with Gasteiger partial charge in [-0.25, -0.2) is 4.98 Å². The van der Waals surface area contributed by atoms with E-state index in [0.29, 0.717) is 5.92 Å². The van der Waals surface area contributed by atoms with Crippen molar-refractivity contribution in [2.75, 3.05) is 13.1 Å². The summed E-state index contributed by atoms with van der Waals surface area (Å²) in [6, 6.07) is 7.92. The maximum atomic E-state index is 6.12. The molecule has 2 aromatic heterocycles. The van der Waals surface area contributed by atoms with Gasteiger partial charge in [0.25, 0.3) is 0 Å². The SMILES string of the molecule is CC(C)c1nc(CSc2nnc(CN3CCCCC3)n2-c2ccc(Cl)cc2)cs1. The molecule has 0 radical (unpaired) electrons. The fraction of sp³-hybridized carbons (Fsp3) is 0.476. The summed E-state index contributed by atoms with van der Waals surface area (Å²) in [5.74, 6) is 2.24. The molecule has 3 heterocycles. The molecule has 0 unspecified atom stereocenters. The molecule has 154 valence electrons. The number of piperidine rings is 1. The van der Waals surface area contributed by atoms with Gasteiger partial charge in [-0.2, -0.15) is 0 Å². The third-order valence-electron chi connectivity index (χ3n) is 5.01. The van der Waals surface area contributed by atoms with E-state index in [9.17, 15) is 0 Å². The van der Waals surface area contributed by atoms with E-state index >= 15 is 0 Å². The van der Waals surface area contributed by atoms with E-state index in [4.69, 9.17) is 16.6 Å². The van der Waals surface area contributed by atoms with E-state index in [2.05, 4.69) is 38.9 Å². The smallest absolute Gasteiger partial charge is 0.196 e. The summed E-state index contributed by atoms with van der Waals surface area (Å²) in [4.78, 5) is 7.23. The number of hydrogen-bond acceptors (Lipinski definition) is 6. The van der Waals surface area contributed by atoms with Crippen molar-refractivity contribution in [2.45, 2.75) is 56.5 Å². The van der Waals surface area contributed by atoms with Crippen molar-refractivity contribution in [2.24, 2.45) is 0 Å². The van der Waals surface area contributed by atoms with Crippen LogP contribution < -0.4 is 0 Å². The number of nitrogens with zero attached hydrogens (tertiary/aromatic N) is 5. The Morgan fingerprint density at radius 3 is 2.55 bits per heavy atom. The van der Waals surface area contributed by atoms with Gasteiger partial charge in [-0.3, -0.25) is 9.47 Å². The molecule has 1 saturated heterocycles. The van der Waals surface area contributed by atoms with Crippen LogP contribution in [0.5, 0.6) is 0 Å². The van der Waals surface area contributed by atoms with Crippen LogP contribution in [-0.2, 0) is 12.3 Å². The summed E-state index contributed by atoms with van der Waals surface area (Å²) in [6.07, 6.45) is 3.85. The molecular formula is C21H26ClN5S2. The van der Waals surface area contributed by atoms with Crippen molar-refractivity contribution in [1.29, 1.82) is 0 Å². The van der Waals surface area contributed by atoms with Crippen molar-refractivity contribution < 1.29 is 0 Å². The van der Waals surface area contributed by atoms with Crippen molar-refractivity contribution in [1.82, 2.24) is 24.6 Å². The molecule has 0 spiro atoms. The van der Waals surface area contributed by atoms with Crippen LogP contribution in [0.15, 0.2) is 34.8 Å². The zero-order valence-electron chi connectivity index (χ0n) is 16.8. The third kappa shape index (κ3) is 5.20. The fourth-order valence-corrected chi connectivity index (χ4v) is 5.39. The fourth-order valence-electron chi connectivity index (χ4n) is 3.46. The number of likely N-dealkylation sites (tertiary alicyclic amines) is 1. The van der Waals surface area contributed by atoms with Crippen LogP contribution in [0.3, 0.4) is 0 Å². The minimum atomic E-state index is 0.465. The molecule has 0 saturated carbocycles.